The first-order chi connectivity index (χ1) is 7.00. The minimum atomic E-state index is -0.582. The highest BCUT2D eigenvalue weighted by Crippen LogP contribution is 2.07. The van der Waals surface area contributed by atoms with Crippen molar-refractivity contribution >= 4 is 11.6 Å². The van der Waals surface area contributed by atoms with Gasteiger partial charge in [0.05, 0.1) is 17.9 Å². The summed E-state index contributed by atoms with van der Waals surface area (Å²) in [5, 5.41) is 2.56. The quantitative estimate of drug-likeness (QED) is 0.737. The fourth-order valence-electron chi connectivity index (χ4n) is 0.978. The average Bonchev–Trinajstić information content (AvgIpc) is 2.20. The molecule has 5 heteroatoms. The Balaban J connectivity index is 2.62. The summed E-state index contributed by atoms with van der Waals surface area (Å²) in [6.45, 7) is 3.71. The second-order valence-electron chi connectivity index (χ2n) is 3.63. The lowest BCUT2D eigenvalue weighted by atomic mass is 10.1. The van der Waals surface area contributed by atoms with E-state index in [4.69, 9.17) is 5.73 Å². The molecule has 0 spiro atoms. The molecule has 15 heavy (non-hydrogen) atoms. The molecule has 0 saturated carbocycles. The molecule has 1 aromatic heterocycles. The molecule has 1 atom stereocenters. The summed E-state index contributed by atoms with van der Waals surface area (Å²) in [4.78, 5) is 14.9. The number of nitrogens with two attached hydrogens (primary N) is 1. The smallest absolute Gasteiger partial charge is 0.241 e. The van der Waals surface area contributed by atoms with Crippen LogP contribution in [0, 0.1) is 11.9 Å². The number of hydrogen-bond acceptors (Lipinski definition) is 3. The maximum atomic E-state index is 12.5. The SMILES string of the molecule is CC(C)[C@H](N)C(=O)Nc1ccc(F)nc1. The Morgan fingerprint density at radius 1 is 1.53 bits per heavy atom. The zero-order chi connectivity index (χ0) is 11.4. The molecule has 0 bridgehead atoms. The molecule has 1 heterocycles. The molecule has 0 aliphatic rings. The van der Waals surface area contributed by atoms with Crippen LogP contribution >= 0.6 is 0 Å². The number of rotatable bonds is 3. The van der Waals surface area contributed by atoms with E-state index in [9.17, 15) is 9.18 Å². The monoisotopic (exact) mass is 211 g/mol. The normalized spacial score (nSPS) is 12.6. The first-order valence-corrected chi connectivity index (χ1v) is 4.68. The Labute approximate surface area is 87.7 Å². The highest BCUT2D eigenvalue weighted by molar-refractivity contribution is 5.94. The molecular weight excluding hydrogens is 197 g/mol. The summed E-state index contributed by atoms with van der Waals surface area (Å²) in [6, 6.07) is 2.04. The van der Waals surface area contributed by atoms with Gasteiger partial charge in [0, 0.05) is 0 Å². The highest BCUT2D eigenvalue weighted by Gasteiger charge is 2.16. The maximum Gasteiger partial charge on any atom is 0.241 e. The lowest BCUT2D eigenvalue weighted by Crippen LogP contribution is -2.39. The van der Waals surface area contributed by atoms with Crippen molar-refractivity contribution in [2.24, 2.45) is 11.7 Å². The molecule has 3 N–H and O–H groups in total. The van der Waals surface area contributed by atoms with Crippen LogP contribution in [-0.4, -0.2) is 16.9 Å². The summed E-state index contributed by atoms with van der Waals surface area (Å²) in [5.41, 5.74) is 6.07. The number of hydrogen-bond donors (Lipinski definition) is 2. The van der Waals surface area contributed by atoms with Gasteiger partial charge in [-0.15, -0.1) is 0 Å². The summed E-state index contributed by atoms with van der Waals surface area (Å²) < 4.78 is 12.5. The Morgan fingerprint density at radius 3 is 2.67 bits per heavy atom. The minimum absolute atomic E-state index is 0.0541. The van der Waals surface area contributed by atoms with Gasteiger partial charge in [-0.2, -0.15) is 4.39 Å². The number of amides is 1. The van der Waals surface area contributed by atoms with Gasteiger partial charge in [-0.3, -0.25) is 4.79 Å². The van der Waals surface area contributed by atoms with E-state index in [1.165, 1.54) is 18.3 Å². The van der Waals surface area contributed by atoms with E-state index in [-0.39, 0.29) is 11.8 Å². The van der Waals surface area contributed by atoms with E-state index < -0.39 is 12.0 Å². The molecule has 0 aromatic carbocycles. The van der Waals surface area contributed by atoms with Crippen LogP contribution in [0.3, 0.4) is 0 Å². The molecule has 0 aliphatic carbocycles. The number of carbonyl (C=O) groups is 1. The summed E-state index contributed by atoms with van der Waals surface area (Å²) in [7, 11) is 0. The first-order valence-electron chi connectivity index (χ1n) is 4.68. The Morgan fingerprint density at radius 2 is 2.20 bits per heavy atom. The molecule has 0 radical (unpaired) electrons. The van der Waals surface area contributed by atoms with Crippen LogP contribution in [0.2, 0.25) is 0 Å². The van der Waals surface area contributed by atoms with E-state index in [1.54, 1.807) is 0 Å². The molecule has 4 nitrogen and oxygen atoms in total. The number of halogens is 1. The van der Waals surface area contributed by atoms with E-state index in [1.807, 2.05) is 13.8 Å². The van der Waals surface area contributed by atoms with Gasteiger partial charge in [0.15, 0.2) is 0 Å². The molecule has 0 unspecified atom stereocenters. The van der Waals surface area contributed by atoms with Crippen LogP contribution in [0.4, 0.5) is 10.1 Å². The Bertz CT molecular complexity index is 337. The van der Waals surface area contributed by atoms with Crippen molar-refractivity contribution in [2.45, 2.75) is 19.9 Å². The Hall–Kier alpha value is -1.49. The molecule has 0 aliphatic heterocycles. The summed E-state index contributed by atoms with van der Waals surface area (Å²) >= 11 is 0. The Kier molecular flexibility index (Phi) is 3.74. The second-order valence-corrected chi connectivity index (χ2v) is 3.63. The fourth-order valence-corrected chi connectivity index (χ4v) is 0.978. The third-order valence-corrected chi connectivity index (χ3v) is 2.02. The molecule has 1 aromatic rings. The van der Waals surface area contributed by atoms with Crippen LogP contribution in [-0.2, 0) is 4.79 Å². The fraction of sp³-hybridized carbons (Fsp3) is 0.400. The summed E-state index contributed by atoms with van der Waals surface area (Å²) in [5.74, 6) is -0.821. The minimum Gasteiger partial charge on any atom is -0.323 e. The molecule has 1 amide bonds. The number of aromatic nitrogens is 1. The molecule has 82 valence electrons. The average molecular weight is 211 g/mol. The maximum absolute atomic E-state index is 12.5. The van der Waals surface area contributed by atoms with Crippen molar-refractivity contribution in [3.05, 3.63) is 24.3 Å². The second kappa shape index (κ2) is 4.84. The number of carbonyl (C=O) groups excluding carboxylic acids is 1. The van der Waals surface area contributed by atoms with Crippen molar-refractivity contribution in [1.29, 1.82) is 0 Å². The number of nitrogens with one attached hydrogen (secondary N) is 1. The van der Waals surface area contributed by atoms with Gasteiger partial charge >= 0.3 is 0 Å². The largest absolute Gasteiger partial charge is 0.323 e. The van der Waals surface area contributed by atoms with Gasteiger partial charge in [-0.05, 0) is 18.1 Å². The third kappa shape index (κ3) is 3.28. The number of anilines is 1. The van der Waals surface area contributed by atoms with Crippen molar-refractivity contribution in [3.8, 4) is 0 Å². The zero-order valence-electron chi connectivity index (χ0n) is 8.70. The van der Waals surface area contributed by atoms with Gasteiger partial charge in [0.25, 0.3) is 0 Å². The van der Waals surface area contributed by atoms with Crippen molar-refractivity contribution in [2.75, 3.05) is 5.32 Å². The topological polar surface area (TPSA) is 68.0 Å². The first kappa shape index (κ1) is 11.6. The van der Waals surface area contributed by atoms with E-state index in [0.717, 1.165) is 0 Å². The van der Waals surface area contributed by atoms with E-state index in [2.05, 4.69) is 10.3 Å². The molecule has 1 rings (SSSR count). The zero-order valence-corrected chi connectivity index (χ0v) is 8.70. The van der Waals surface area contributed by atoms with Crippen molar-refractivity contribution < 1.29 is 9.18 Å². The number of pyridine rings is 1. The van der Waals surface area contributed by atoms with Gasteiger partial charge < -0.3 is 11.1 Å². The third-order valence-electron chi connectivity index (χ3n) is 2.02. The van der Waals surface area contributed by atoms with Gasteiger partial charge in [0.1, 0.15) is 0 Å². The predicted octanol–water partition coefficient (Wildman–Crippen LogP) is 1.14. The van der Waals surface area contributed by atoms with Crippen LogP contribution in [0.1, 0.15) is 13.8 Å². The number of nitrogens with zero attached hydrogens (tertiary/aromatic N) is 1. The van der Waals surface area contributed by atoms with Gasteiger partial charge in [-0.25, -0.2) is 4.98 Å². The van der Waals surface area contributed by atoms with E-state index in [0.29, 0.717) is 5.69 Å². The standard InChI is InChI=1S/C10H14FN3O/c1-6(2)9(12)10(15)14-7-3-4-8(11)13-5-7/h3-6,9H,12H2,1-2H3,(H,14,15)/t9-/m0/s1. The van der Waals surface area contributed by atoms with Gasteiger partial charge in [-0.1, -0.05) is 13.8 Å². The van der Waals surface area contributed by atoms with Crippen LogP contribution < -0.4 is 11.1 Å². The lowest BCUT2D eigenvalue weighted by molar-refractivity contribution is -0.118. The predicted molar refractivity (Wildman–Crippen MR) is 55.6 cm³/mol. The van der Waals surface area contributed by atoms with Crippen LogP contribution in [0.15, 0.2) is 18.3 Å². The van der Waals surface area contributed by atoms with Crippen LogP contribution in [0.5, 0.6) is 0 Å². The summed E-state index contributed by atoms with van der Waals surface area (Å²) in [6.07, 6.45) is 1.25. The van der Waals surface area contributed by atoms with E-state index >= 15 is 0 Å². The highest BCUT2D eigenvalue weighted by atomic mass is 19.1. The van der Waals surface area contributed by atoms with Crippen LogP contribution in [0.25, 0.3) is 0 Å². The van der Waals surface area contributed by atoms with Crippen molar-refractivity contribution in [3.63, 3.8) is 0 Å². The van der Waals surface area contributed by atoms with Crippen molar-refractivity contribution in [1.82, 2.24) is 4.98 Å². The molecule has 0 saturated heterocycles. The molecular formula is C10H14FN3O. The molecule has 0 fully saturated rings. The lowest BCUT2D eigenvalue weighted by Gasteiger charge is -2.14. The van der Waals surface area contributed by atoms with Gasteiger partial charge in [0.2, 0.25) is 11.9 Å².